The molecule has 0 spiro atoms. The van der Waals surface area contributed by atoms with Crippen molar-refractivity contribution < 1.29 is 9.36 Å². The van der Waals surface area contributed by atoms with Crippen molar-refractivity contribution in [1.82, 2.24) is 0 Å². The van der Waals surface area contributed by atoms with Crippen LogP contribution in [0.3, 0.4) is 0 Å². The summed E-state index contributed by atoms with van der Waals surface area (Å²) in [5.74, 6) is 5.22. The number of nitrogens with two attached hydrogens (primary N) is 1. The van der Waals surface area contributed by atoms with Crippen molar-refractivity contribution in [3.05, 3.63) is 24.2 Å². The Morgan fingerprint density at radius 3 is 3.22 bits per heavy atom. The first-order valence-electron chi connectivity index (χ1n) is 2.36. The van der Waals surface area contributed by atoms with Gasteiger partial charge in [-0.3, -0.25) is 0 Å². The fourth-order valence-electron chi connectivity index (χ4n) is 0.447. The Labute approximate surface area is 51.8 Å². The second-order valence-electron chi connectivity index (χ2n) is 1.36. The van der Waals surface area contributed by atoms with Gasteiger partial charge in [-0.1, -0.05) is 5.16 Å². The van der Waals surface area contributed by atoms with Gasteiger partial charge in [-0.15, -0.1) is 5.90 Å². The fraction of sp³-hybridized carbons (Fsp3) is 0. The van der Waals surface area contributed by atoms with E-state index >= 15 is 0 Å². The van der Waals surface area contributed by atoms with Gasteiger partial charge in [-0.05, 0) is 12.1 Å². The molecule has 0 unspecified atom stereocenters. The second-order valence-corrected chi connectivity index (χ2v) is 1.36. The van der Waals surface area contributed by atoms with Crippen LogP contribution in [0.15, 0.2) is 28.0 Å². The fourth-order valence-corrected chi connectivity index (χ4v) is 0.447. The summed E-state index contributed by atoms with van der Waals surface area (Å²) in [7, 11) is 0. The van der Waals surface area contributed by atoms with Crippen molar-refractivity contribution in [2.75, 3.05) is 0 Å². The molecule has 0 aliphatic heterocycles. The van der Waals surface area contributed by atoms with E-state index in [1.807, 2.05) is 0 Å². The van der Waals surface area contributed by atoms with Crippen LogP contribution in [-0.4, -0.2) is 6.21 Å². The van der Waals surface area contributed by atoms with Crippen molar-refractivity contribution in [3.63, 3.8) is 0 Å². The smallest absolute Gasteiger partial charge is 0.148 e. The largest absolute Gasteiger partial charge is 0.463 e. The molecule has 48 valence electrons. The molecule has 0 aliphatic carbocycles. The number of nitrogens with zero attached hydrogens (tertiary/aromatic N) is 1. The lowest BCUT2D eigenvalue weighted by Gasteiger charge is -1.80. The van der Waals surface area contributed by atoms with Gasteiger partial charge in [0.15, 0.2) is 0 Å². The summed E-state index contributed by atoms with van der Waals surface area (Å²) in [6.45, 7) is 0. The standard InChI is InChI=1S/C5H6N2O2/c6-9-7-4-5-2-1-3-8-5/h1-4H,6H2. The highest BCUT2D eigenvalue weighted by Crippen LogP contribution is 1.94. The first-order chi connectivity index (χ1) is 4.43. The Morgan fingerprint density at radius 1 is 1.78 bits per heavy atom. The Kier molecular flexibility index (Phi) is 1.87. The second kappa shape index (κ2) is 2.88. The lowest BCUT2D eigenvalue weighted by Crippen LogP contribution is -1.89. The number of hydrogen-bond acceptors (Lipinski definition) is 4. The Morgan fingerprint density at radius 2 is 2.67 bits per heavy atom. The average Bonchev–Trinajstić information content (AvgIpc) is 2.34. The molecule has 2 N–H and O–H groups in total. The molecule has 4 nitrogen and oxygen atoms in total. The summed E-state index contributed by atoms with van der Waals surface area (Å²) >= 11 is 0. The van der Waals surface area contributed by atoms with Gasteiger partial charge in [0.25, 0.3) is 0 Å². The van der Waals surface area contributed by atoms with Crippen LogP contribution in [0, 0.1) is 0 Å². The van der Waals surface area contributed by atoms with E-state index in [0.29, 0.717) is 5.76 Å². The maximum absolute atomic E-state index is 4.85. The summed E-state index contributed by atoms with van der Waals surface area (Å²) in [5.41, 5.74) is 0. The van der Waals surface area contributed by atoms with Gasteiger partial charge in [0.05, 0.1) is 6.26 Å². The minimum absolute atomic E-state index is 0.612. The summed E-state index contributed by atoms with van der Waals surface area (Å²) in [6.07, 6.45) is 2.91. The summed E-state index contributed by atoms with van der Waals surface area (Å²) < 4.78 is 4.85. The highest BCUT2D eigenvalue weighted by molar-refractivity contribution is 5.74. The molecular weight excluding hydrogens is 120 g/mol. The van der Waals surface area contributed by atoms with E-state index in [1.165, 1.54) is 12.5 Å². The van der Waals surface area contributed by atoms with E-state index in [-0.39, 0.29) is 0 Å². The molecule has 1 aromatic heterocycles. The number of hydrogen-bond donors (Lipinski definition) is 1. The van der Waals surface area contributed by atoms with E-state index in [9.17, 15) is 0 Å². The van der Waals surface area contributed by atoms with E-state index in [0.717, 1.165) is 0 Å². The van der Waals surface area contributed by atoms with Gasteiger partial charge in [0.2, 0.25) is 0 Å². The predicted molar refractivity (Wildman–Crippen MR) is 31.6 cm³/mol. The first kappa shape index (κ1) is 5.84. The molecule has 0 bridgehead atoms. The van der Waals surface area contributed by atoms with Crippen LogP contribution in [0.1, 0.15) is 5.76 Å². The Bertz CT molecular complexity index is 181. The third-order valence-electron chi connectivity index (χ3n) is 0.784. The molecule has 0 saturated carbocycles. The third-order valence-corrected chi connectivity index (χ3v) is 0.784. The van der Waals surface area contributed by atoms with Crippen LogP contribution in [0.25, 0.3) is 0 Å². The van der Waals surface area contributed by atoms with Crippen LogP contribution in [0.5, 0.6) is 0 Å². The molecule has 0 amide bonds. The van der Waals surface area contributed by atoms with E-state index in [2.05, 4.69) is 16.0 Å². The van der Waals surface area contributed by atoms with Crippen LogP contribution >= 0.6 is 0 Å². The summed E-state index contributed by atoms with van der Waals surface area (Å²) in [5, 5.41) is 3.27. The molecule has 1 aromatic rings. The van der Waals surface area contributed by atoms with Crippen molar-refractivity contribution in [1.29, 1.82) is 0 Å². The van der Waals surface area contributed by atoms with Gasteiger partial charge in [0, 0.05) is 0 Å². The summed E-state index contributed by atoms with van der Waals surface area (Å²) in [4.78, 5) is 3.92. The zero-order valence-electron chi connectivity index (χ0n) is 4.65. The number of rotatable bonds is 2. The van der Waals surface area contributed by atoms with Gasteiger partial charge < -0.3 is 9.36 Å². The predicted octanol–water partition coefficient (Wildman–Crippen LogP) is 0.504. The molecule has 1 rings (SSSR count). The van der Waals surface area contributed by atoms with E-state index < -0.39 is 0 Å². The molecule has 0 aromatic carbocycles. The SMILES string of the molecule is NON=Cc1ccco1. The van der Waals surface area contributed by atoms with Crippen LogP contribution in [-0.2, 0) is 4.94 Å². The molecule has 9 heavy (non-hydrogen) atoms. The molecular formula is C5H6N2O2. The normalized spacial score (nSPS) is 10.3. The summed E-state index contributed by atoms with van der Waals surface area (Å²) in [6, 6.07) is 3.49. The minimum atomic E-state index is 0.612. The maximum atomic E-state index is 4.85. The molecule has 0 saturated heterocycles. The number of oxime groups is 1. The third kappa shape index (κ3) is 1.58. The highest BCUT2D eigenvalue weighted by atomic mass is 16.7. The van der Waals surface area contributed by atoms with Crippen LogP contribution in [0.2, 0.25) is 0 Å². The van der Waals surface area contributed by atoms with Gasteiger partial charge in [-0.25, -0.2) is 0 Å². The molecule has 1 heterocycles. The highest BCUT2D eigenvalue weighted by Gasteiger charge is 1.85. The Hall–Kier alpha value is -1.29. The maximum Gasteiger partial charge on any atom is 0.148 e. The monoisotopic (exact) mass is 126 g/mol. The molecule has 0 fully saturated rings. The van der Waals surface area contributed by atoms with Crippen LogP contribution < -0.4 is 5.90 Å². The van der Waals surface area contributed by atoms with Crippen molar-refractivity contribution in [2.24, 2.45) is 11.1 Å². The zero-order chi connectivity index (χ0) is 6.53. The van der Waals surface area contributed by atoms with Crippen LogP contribution in [0.4, 0.5) is 0 Å². The van der Waals surface area contributed by atoms with Gasteiger partial charge >= 0.3 is 0 Å². The molecule has 0 radical (unpaired) electrons. The van der Waals surface area contributed by atoms with Gasteiger partial charge in [-0.2, -0.15) is 0 Å². The topological polar surface area (TPSA) is 60.8 Å². The lowest BCUT2D eigenvalue weighted by molar-refractivity contribution is 0.150. The van der Waals surface area contributed by atoms with E-state index in [1.54, 1.807) is 12.1 Å². The quantitative estimate of drug-likeness (QED) is 0.463. The van der Waals surface area contributed by atoms with Crippen molar-refractivity contribution in [3.8, 4) is 0 Å². The lowest BCUT2D eigenvalue weighted by atomic mass is 10.5. The number of furan rings is 1. The average molecular weight is 126 g/mol. The van der Waals surface area contributed by atoms with Crippen molar-refractivity contribution in [2.45, 2.75) is 0 Å². The van der Waals surface area contributed by atoms with Crippen molar-refractivity contribution >= 4 is 6.21 Å². The zero-order valence-corrected chi connectivity index (χ0v) is 4.65. The first-order valence-corrected chi connectivity index (χ1v) is 2.36. The molecule has 0 aliphatic rings. The van der Waals surface area contributed by atoms with Gasteiger partial charge in [0.1, 0.15) is 12.0 Å². The molecule has 4 heteroatoms. The minimum Gasteiger partial charge on any atom is -0.463 e. The molecule has 0 atom stereocenters. The Balaban J connectivity index is 2.57. The van der Waals surface area contributed by atoms with E-state index in [4.69, 9.17) is 4.42 Å².